The number of carbonyl (C=O) groups excluding carboxylic acids is 1. The van der Waals surface area contributed by atoms with E-state index in [-0.39, 0.29) is 11.9 Å². The van der Waals surface area contributed by atoms with Gasteiger partial charge in [0.2, 0.25) is 5.96 Å². The number of guanidine groups is 1. The molecule has 0 aliphatic heterocycles. The number of amides is 1. The van der Waals surface area contributed by atoms with Crippen molar-refractivity contribution in [2.45, 2.75) is 6.92 Å². The molecule has 0 saturated carbocycles. The van der Waals surface area contributed by atoms with Gasteiger partial charge in [0.1, 0.15) is 5.69 Å². The molecule has 8 N–H and O–H groups in total. The van der Waals surface area contributed by atoms with Gasteiger partial charge in [-0.25, -0.2) is 0 Å². The van der Waals surface area contributed by atoms with E-state index in [4.69, 9.17) is 17.2 Å². The Morgan fingerprint density at radius 2 is 1.88 bits per heavy atom. The average molecular weight is 349 g/mol. The topological polar surface area (TPSA) is 148 Å². The van der Waals surface area contributed by atoms with Crippen molar-refractivity contribution >= 4 is 39.9 Å². The molecule has 132 valence electrons. The van der Waals surface area contributed by atoms with Gasteiger partial charge in [0.15, 0.2) is 0 Å². The van der Waals surface area contributed by atoms with Crippen LogP contribution in [0.4, 0.5) is 11.4 Å². The van der Waals surface area contributed by atoms with Crippen molar-refractivity contribution in [3.05, 3.63) is 59.8 Å². The quantitative estimate of drug-likeness (QED) is 0.212. The minimum absolute atomic E-state index is 0.104. The number of nitrogen functional groups attached to an aromatic ring is 1. The summed E-state index contributed by atoms with van der Waals surface area (Å²) in [5.41, 5.74) is 20.3. The zero-order valence-corrected chi connectivity index (χ0v) is 14.2. The van der Waals surface area contributed by atoms with E-state index < -0.39 is 0 Å². The monoisotopic (exact) mass is 349 g/mol. The van der Waals surface area contributed by atoms with Crippen molar-refractivity contribution in [2.24, 2.45) is 21.7 Å². The predicted octanol–water partition coefficient (Wildman–Crippen LogP) is 2.00. The van der Waals surface area contributed by atoms with Gasteiger partial charge in [-0.2, -0.15) is 5.10 Å². The number of aromatic nitrogens is 1. The van der Waals surface area contributed by atoms with Crippen LogP contribution in [0.1, 0.15) is 23.0 Å². The maximum atomic E-state index is 12.4. The third-order valence-corrected chi connectivity index (χ3v) is 3.74. The molecule has 0 saturated heterocycles. The minimum Gasteiger partial charge on any atom is -0.399 e. The molecule has 1 aromatic heterocycles. The largest absolute Gasteiger partial charge is 0.399 e. The lowest BCUT2D eigenvalue weighted by molar-refractivity contribution is 0.102. The van der Waals surface area contributed by atoms with Crippen molar-refractivity contribution < 1.29 is 4.79 Å². The number of rotatable bonds is 4. The van der Waals surface area contributed by atoms with Crippen LogP contribution in [0, 0.1) is 0 Å². The molecule has 2 aromatic carbocycles. The molecule has 0 aliphatic carbocycles. The summed E-state index contributed by atoms with van der Waals surface area (Å²) in [6.07, 6.45) is 0. The van der Waals surface area contributed by atoms with Gasteiger partial charge in [-0.15, -0.1) is 5.10 Å². The molecule has 0 fully saturated rings. The van der Waals surface area contributed by atoms with Crippen LogP contribution in [-0.2, 0) is 0 Å². The van der Waals surface area contributed by atoms with Crippen LogP contribution in [0.3, 0.4) is 0 Å². The molecule has 0 bridgehead atoms. The number of H-pyrrole nitrogens is 1. The smallest absolute Gasteiger partial charge is 0.272 e. The molecular weight excluding hydrogens is 330 g/mol. The number of aromatic amines is 1. The highest BCUT2D eigenvalue weighted by molar-refractivity contribution is 6.07. The minimum atomic E-state index is -0.251. The molecule has 0 radical (unpaired) electrons. The molecule has 0 spiro atoms. The van der Waals surface area contributed by atoms with Crippen molar-refractivity contribution in [3.63, 3.8) is 0 Å². The van der Waals surface area contributed by atoms with Crippen molar-refractivity contribution in [1.82, 2.24) is 4.98 Å². The summed E-state index contributed by atoms with van der Waals surface area (Å²) in [4.78, 5) is 15.5. The summed E-state index contributed by atoms with van der Waals surface area (Å²) < 4.78 is 0. The van der Waals surface area contributed by atoms with Gasteiger partial charge < -0.3 is 27.5 Å². The zero-order valence-electron chi connectivity index (χ0n) is 14.2. The van der Waals surface area contributed by atoms with Crippen LogP contribution in [0.5, 0.6) is 0 Å². The Morgan fingerprint density at radius 1 is 1.08 bits per heavy atom. The van der Waals surface area contributed by atoms with E-state index in [2.05, 4.69) is 20.5 Å². The van der Waals surface area contributed by atoms with E-state index >= 15 is 0 Å². The van der Waals surface area contributed by atoms with Gasteiger partial charge in [0.05, 0.1) is 5.71 Å². The Labute approximate surface area is 149 Å². The molecule has 1 heterocycles. The first-order chi connectivity index (χ1) is 12.4. The fourth-order valence-electron chi connectivity index (χ4n) is 2.49. The first-order valence-electron chi connectivity index (χ1n) is 7.85. The lowest BCUT2D eigenvalue weighted by Crippen LogP contribution is -2.22. The maximum Gasteiger partial charge on any atom is 0.272 e. The lowest BCUT2D eigenvalue weighted by atomic mass is 10.1. The first-order valence-corrected chi connectivity index (χ1v) is 7.85. The fourth-order valence-corrected chi connectivity index (χ4v) is 2.49. The van der Waals surface area contributed by atoms with Crippen LogP contribution in [-0.4, -0.2) is 22.6 Å². The highest BCUT2D eigenvalue weighted by atomic mass is 16.1. The molecule has 26 heavy (non-hydrogen) atoms. The lowest BCUT2D eigenvalue weighted by Gasteiger charge is -2.04. The van der Waals surface area contributed by atoms with Crippen molar-refractivity contribution in [2.75, 3.05) is 11.1 Å². The van der Waals surface area contributed by atoms with Crippen LogP contribution >= 0.6 is 0 Å². The van der Waals surface area contributed by atoms with Crippen LogP contribution in [0.15, 0.2) is 58.7 Å². The Morgan fingerprint density at radius 3 is 2.62 bits per heavy atom. The number of fused-ring (bicyclic) bond motifs is 1. The number of nitrogens with one attached hydrogen (secondary N) is 2. The van der Waals surface area contributed by atoms with Crippen molar-refractivity contribution in [1.29, 1.82) is 0 Å². The summed E-state index contributed by atoms with van der Waals surface area (Å²) in [5, 5.41) is 11.3. The number of nitrogens with two attached hydrogens (primary N) is 3. The number of benzene rings is 2. The molecule has 0 atom stereocenters. The number of carbonyl (C=O) groups is 1. The standard InChI is InChI=1S/C18H19N7O/c1-10(24-25-18(20)21)11-5-6-15-12(7-11)8-16(23-15)17(26)22-14-4-2-3-13(19)9-14/h2-9,23H,19H2,1H3,(H,22,26)(H4,20,21,25). The van der Waals surface area contributed by atoms with E-state index in [9.17, 15) is 4.79 Å². The van der Waals surface area contributed by atoms with E-state index in [1.807, 2.05) is 18.2 Å². The molecule has 0 aliphatic rings. The number of anilines is 2. The second-order valence-electron chi connectivity index (χ2n) is 5.77. The summed E-state index contributed by atoms with van der Waals surface area (Å²) in [7, 11) is 0. The Kier molecular flexibility index (Phi) is 4.57. The summed E-state index contributed by atoms with van der Waals surface area (Å²) in [5.74, 6) is -0.355. The van der Waals surface area contributed by atoms with Crippen LogP contribution < -0.4 is 22.5 Å². The van der Waals surface area contributed by atoms with Crippen LogP contribution in [0.25, 0.3) is 10.9 Å². The van der Waals surface area contributed by atoms with E-state index in [1.54, 1.807) is 37.3 Å². The average Bonchev–Trinajstić information content (AvgIpc) is 3.03. The van der Waals surface area contributed by atoms with Crippen LogP contribution in [0.2, 0.25) is 0 Å². The normalized spacial score (nSPS) is 11.3. The molecule has 0 unspecified atom stereocenters. The van der Waals surface area contributed by atoms with Gasteiger partial charge >= 0.3 is 0 Å². The van der Waals surface area contributed by atoms with Gasteiger partial charge in [0.25, 0.3) is 5.91 Å². The van der Waals surface area contributed by atoms with E-state index in [0.29, 0.717) is 22.8 Å². The van der Waals surface area contributed by atoms with E-state index in [0.717, 1.165) is 16.5 Å². The molecule has 3 rings (SSSR count). The summed E-state index contributed by atoms with van der Waals surface area (Å²) in [6, 6.07) is 14.4. The molecular formula is C18H19N7O. The summed E-state index contributed by atoms with van der Waals surface area (Å²) in [6.45, 7) is 1.80. The summed E-state index contributed by atoms with van der Waals surface area (Å²) >= 11 is 0. The Hall–Kier alpha value is -3.81. The van der Waals surface area contributed by atoms with Crippen molar-refractivity contribution in [3.8, 4) is 0 Å². The highest BCUT2D eigenvalue weighted by Crippen LogP contribution is 2.19. The predicted molar refractivity (Wildman–Crippen MR) is 105 cm³/mol. The molecule has 8 nitrogen and oxygen atoms in total. The number of nitrogens with zero attached hydrogens (tertiary/aromatic N) is 2. The third-order valence-electron chi connectivity index (χ3n) is 3.74. The van der Waals surface area contributed by atoms with Gasteiger partial charge in [-0.1, -0.05) is 12.1 Å². The van der Waals surface area contributed by atoms with E-state index in [1.165, 1.54) is 0 Å². The third kappa shape index (κ3) is 3.81. The first kappa shape index (κ1) is 17.0. The Bertz CT molecular complexity index is 1030. The highest BCUT2D eigenvalue weighted by Gasteiger charge is 2.11. The SMILES string of the molecule is CC(=NN=C(N)N)c1ccc2[nH]c(C(=O)Nc3cccc(N)c3)cc2c1. The van der Waals surface area contributed by atoms with Gasteiger partial charge in [-0.05, 0) is 48.9 Å². The molecule has 3 aromatic rings. The van der Waals surface area contributed by atoms with Gasteiger partial charge in [0, 0.05) is 22.3 Å². The zero-order chi connectivity index (χ0) is 18.7. The van der Waals surface area contributed by atoms with Gasteiger partial charge in [-0.3, -0.25) is 4.79 Å². The molecule has 1 amide bonds. The Balaban J connectivity index is 1.86. The maximum absolute atomic E-state index is 12.4. The fraction of sp³-hybridized carbons (Fsp3) is 0.0556. The number of hydrogen-bond acceptors (Lipinski definition) is 4. The second-order valence-corrected chi connectivity index (χ2v) is 5.77. The molecule has 8 heteroatoms. The number of hydrogen-bond donors (Lipinski definition) is 5. The second kappa shape index (κ2) is 6.98.